The van der Waals surface area contributed by atoms with Crippen LogP contribution in [0.25, 0.3) is 0 Å². The van der Waals surface area contributed by atoms with E-state index in [1.807, 2.05) is 22.6 Å². The molecule has 0 aromatic rings. The van der Waals surface area contributed by atoms with Crippen molar-refractivity contribution in [2.24, 2.45) is 0 Å². The summed E-state index contributed by atoms with van der Waals surface area (Å²) in [5.74, 6) is 0. The summed E-state index contributed by atoms with van der Waals surface area (Å²) in [5, 5.41) is 0. The molecular formula is C2HCl3I. The Kier molecular flexibility index (Phi) is 4.54. The summed E-state index contributed by atoms with van der Waals surface area (Å²) in [4.78, 5) is 0.206. The van der Waals surface area contributed by atoms with Gasteiger partial charge in [0.25, 0.3) is 0 Å². The van der Waals surface area contributed by atoms with Gasteiger partial charge in [0.2, 0.25) is 0 Å². The summed E-state index contributed by atoms with van der Waals surface area (Å²) in [6.07, 6.45) is 0. The minimum absolute atomic E-state index is 0.206. The largest absolute Gasteiger partial charge is 0.178 e. The van der Waals surface area contributed by atoms with Crippen molar-refractivity contribution in [2.45, 2.75) is 3.38 Å². The summed E-state index contributed by atoms with van der Waals surface area (Å²) in [5.41, 5.74) is 0. The molecule has 0 heterocycles. The van der Waals surface area contributed by atoms with Gasteiger partial charge >= 0.3 is 0 Å². The van der Waals surface area contributed by atoms with Crippen LogP contribution in [0.4, 0.5) is 0 Å². The van der Waals surface area contributed by atoms with Gasteiger partial charge in [-0.2, -0.15) is 0 Å². The van der Waals surface area contributed by atoms with Crippen LogP contribution in [0.5, 0.6) is 0 Å². The van der Waals surface area contributed by atoms with Crippen LogP contribution in [-0.4, -0.2) is 3.38 Å². The molecule has 0 aliphatic heterocycles. The van der Waals surface area contributed by atoms with Crippen molar-refractivity contribution in [3.8, 4) is 0 Å². The zero-order valence-corrected chi connectivity index (χ0v) is 7.01. The lowest BCUT2D eigenvalue weighted by molar-refractivity contribution is 1.58. The number of hydrogen-bond acceptors (Lipinski definition) is 0. The van der Waals surface area contributed by atoms with Crippen molar-refractivity contribution >= 4 is 57.4 Å². The van der Waals surface area contributed by atoms with Crippen molar-refractivity contribution in [3.63, 3.8) is 0 Å². The third-order valence-electron chi connectivity index (χ3n) is 0.165. The van der Waals surface area contributed by atoms with E-state index in [2.05, 4.69) is 0 Å². The lowest BCUT2D eigenvalue weighted by Crippen LogP contribution is -1.84. The molecule has 1 atom stereocenters. The molecule has 1 unspecified atom stereocenters. The first-order chi connectivity index (χ1) is 2.64. The van der Waals surface area contributed by atoms with Crippen LogP contribution in [-0.2, 0) is 0 Å². The first-order valence-electron chi connectivity index (χ1n) is 1.10. The van der Waals surface area contributed by atoms with Gasteiger partial charge in [-0.25, -0.2) is 0 Å². The molecule has 0 aliphatic carbocycles. The van der Waals surface area contributed by atoms with E-state index in [9.17, 15) is 0 Å². The third-order valence-corrected chi connectivity index (χ3v) is 2.40. The van der Waals surface area contributed by atoms with Gasteiger partial charge < -0.3 is 0 Å². The van der Waals surface area contributed by atoms with Crippen molar-refractivity contribution in [3.05, 3.63) is 4.84 Å². The Bertz CT molecular complexity index is 29.8. The molecule has 0 aromatic carbocycles. The van der Waals surface area contributed by atoms with Gasteiger partial charge in [0, 0.05) is 0 Å². The number of alkyl halides is 2. The van der Waals surface area contributed by atoms with Crippen LogP contribution in [0.15, 0.2) is 0 Å². The molecule has 0 aliphatic rings. The van der Waals surface area contributed by atoms with Gasteiger partial charge in [0.15, 0.2) is 4.84 Å². The molecule has 0 bridgehead atoms. The van der Waals surface area contributed by atoms with E-state index >= 15 is 0 Å². The van der Waals surface area contributed by atoms with E-state index in [-0.39, 0.29) is 8.22 Å². The van der Waals surface area contributed by atoms with Crippen LogP contribution in [0.3, 0.4) is 0 Å². The Labute approximate surface area is 65.3 Å². The highest BCUT2D eigenvalue weighted by Crippen LogP contribution is 2.26. The Morgan fingerprint density at radius 2 is 1.67 bits per heavy atom. The second-order valence-electron chi connectivity index (χ2n) is 0.590. The van der Waals surface area contributed by atoms with E-state index in [0.717, 1.165) is 0 Å². The molecule has 37 valence electrons. The lowest BCUT2D eigenvalue weighted by atomic mass is 10.9. The molecule has 0 saturated heterocycles. The fourth-order valence-corrected chi connectivity index (χ4v) is 0. The molecule has 0 rings (SSSR count). The molecule has 0 spiro atoms. The minimum atomic E-state index is -0.258. The van der Waals surface area contributed by atoms with Gasteiger partial charge in [-0.05, 0) is 0 Å². The van der Waals surface area contributed by atoms with Crippen molar-refractivity contribution in [2.75, 3.05) is 0 Å². The van der Waals surface area contributed by atoms with Crippen LogP contribution >= 0.6 is 57.4 Å². The quantitative estimate of drug-likeness (QED) is 0.501. The van der Waals surface area contributed by atoms with E-state index in [4.69, 9.17) is 34.8 Å². The smallest absolute Gasteiger partial charge is 0.108 e. The Hall–Kier alpha value is 1.60. The topological polar surface area (TPSA) is 0 Å². The molecule has 0 fully saturated rings. The number of hydrogen-bond donors (Lipinski definition) is 0. The summed E-state index contributed by atoms with van der Waals surface area (Å²) in [6.45, 7) is 0. The van der Waals surface area contributed by atoms with Crippen molar-refractivity contribution in [1.82, 2.24) is 0 Å². The number of halogens is 4. The summed E-state index contributed by atoms with van der Waals surface area (Å²) < 4.78 is -0.258. The van der Waals surface area contributed by atoms with E-state index in [0.29, 0.717) is 0 Å². The van der Waals surface area contributed by atoms with Gasteiger partial charge in [0.05, 0.1) is 0 Å². The average Bonchev–Trinajstić information content (AvgIpc) is 1.36. The van der Waals surface area contributed by atoms with Crippen LogP contribution < -0.4 is 0 Å². The summed E-state index contributed by atoms with van der Waals surface area (Å²) in [6, 6.07) is 0. The third kappa shape index (κ3) is 3.78. The fraction of sp³-hybridized carbons (Fsp3) is 0.500. The normalized spacial score (nSPS) is 15.5. The van der Waals surface area contributed by atoms with Gasteiger partial charge in [-0.3, -0.25) is 0 Å². The Morgan fingerprint density at radius 1 is 1.50 bits per heavy atom. The van der Waals surface area contributed by atoms with Crippen molar-refractivity contribution < 1.29 is 0 Å². The van der Waals surface area contributed by atoms with E-state index in [1.165, 1.54) is 0 Å². The highest BCUT2D eigenvalue weighted by Gasteiger charge is 2.08. The zero-order chi connectivity index (χ0) is 5.15. The maximum absolute atomic E-state index is 5.30. The molecule has 0 saturated carbocycles. The lowest BCUT2D eigenvalue weighted by Gasteiger charge is -1.93. The van der Waals surface area contributed by atoms with Crippen LogP contribution in [0.2, 0.25) is 0 Å². The number of rotatable bonds is 1. The van der Waals surface area contributed by atoms with Gasteiger partial charge in [0.1, 0.15) is 3.38 Å². The molecule has 4 heteroatoms. The molecule has 0 N–H and O–H groups in total. The van der Waals surface area contributed by atoms with Gasteiger partial charge in [-0.15, -0.1) is 11.6 Å². The second kappa shape index (κ2) is 3.58. The second-order valence-corrected chi connectivity index (χ2v) is 4.02. The first kappa shape index (κ1) is 7.60. The standard InChI is InChI=1S/C2HCl3I/c3-1(4)2(5)6/h2H. The fourth-order valence-electron chi connectivity index (χ4n) is 0. The maximum atomic E-state index is 5.30. The summed E-state index contributed by atoms with van der Waals surface area (Å²) >= 11 is 17.5. The zero-order valence-electron chi connectivity index (χ0n) is 2.59. The monoisotopic (exact) mass is 257 g/mol. The summed E-state index contributed by atoms with van der Waals surface area (Å²) in [7, 11) is 0. The minimum Gasteiger partial charge on any atom is -0.108 e. The molecule has 0 amide bonds. The molecule has 1 radical (unpaired) electrons. The van der Waals surface area contributed by atoms with Crippen LogP contribution in [0, 0.1) is 4.84 Å². The molecular weight excluding hydrogens is 257 g/mol. The molecule has 0 nitrogen and oxygen atoms in total. The SMILES string of the molecule is Cl[C](Cl)C(Cl)I. The Morgan fingerprint density at radius 3 is 1.67 bits per heavy atom. The maximum Gasteiger partial charge on any atom is 0.178 e. The van der Waals surface area contributed by atoms with Crippen molar-refractivity contribution in [1.29, 1.82) is 0 Å². The van der Waals surface area contributed by atoms with Gasteiger partial charge in [-0.1, -0.05) is 45.8 Å². The average molecular weight is 258 g/mol. The molecule has 6 heavy (non-hydrogen) atoms. The Balaban J connectivity index is 2.99. The molecule has 0 aromatic heterocycles. The first-order valence-corrected chi connectivity index (χ1v) is 3.54. The highest BCUT2D eigenvalue weighted by molar-refractivity contribution is 14.1. The van der Waals surface area contributed by atoms with E-state index in [1.54, 1.807) is 0 Å². The highest BCUT2D eigenvalue weighted by atomic mass is 127. The van der Waals surface area contributed by atoms with Crippen LogP contribution in [0.1, 0.15) is 0 Å². The predicted octanol–water partition coefficient (Wildman–Crippen LogP) is 2.95. The van der Waals surface area contributed by atoms with E-state index < -0.39 is 0 Å². The predicted molar refractivity (Wildman–Crippen MR) is 38.6 cm³/mol.